The Labute approximate surface area is 66.2 Å². The summed E-state index contributed by atoms with van der Waals surface area (Å²) in [6.07, 6.45) is 2.56. The van der Waals surface area contributed by atoms with Gasteiger partial charge in [0.05, 0.1) is 0 Å². The van der Waals surface area contributed by atoms with Crippen molar-refractivity contribution < 1.29 is 14.6 Å². The molecular formula is C8H12O3. The molecule has 0 saturated heterocycles. The van der Waals surface area contributed by atoms with E-state index in [1.54, 1.807) is 13.8 Å². The maximum Gasteiger partial charge on any atom is 0.365 e. The molecule has 11 heavy (non-hydrogen) atoms. The first-order valence-corrected chi connectivity index (χ1v) is 3.17. The number of carbonyl (C=O) groups is 1. The topological polar surface area (TPSA) is 35.5 Å². The van der Waals surface area contributed by atoms with E-state index in [9.17, 15) is 4.79 Å². The zero-order valence-electron chi connectivity index (χ0n) is 6.79. The fourth-order valence-electron chi connectivity index (χ4n) is 0.216. The summed E-state index contributed by atoms with van der Waals surface area (Å²) >= 11 is 0. The third kappa shape index (κ3) is 4.33. The van der Waals surface area contributed by atoms with Crippen molar-refractivity contribution >= 4 is 5.97 Å². The molecule has 62 valence electrons. The molecule has 0 aromatic heterocycles. The van der Waals surface area contributed by atoms with Crippen LogP contribution < -0.4 is 0 Å². The second-order valence-electron chi connectivity index (χ2n) is 2.50. The van der Waals surface area contributed by atoms with Crippen molar-refractivity contribution in [2.45, 2.75) is 19.4 Å². The van der Waals surface area contributed by atoms with Gasteiger partial charge in [0.1, 0.15) is 5.60 Å². The average Bonchev–Trinajstić information content (AvgIpc) is 2.00. The molecule has 0 unspecified atom stereocenters. The highest BCUT2D eigenvalue weighted by molar-refractivity contribution is 5.80. The predicted octanol–water partition coefficient (Wildman–Crippen LogP) is 1.61. The molecule has 3 heteroatoms. The Bertz CT molecular complexity index is 170. The summed E-state index contributed by atoms with van der Waals surface area (Å²) in [7, 11) is 0. The van der Waals surface area contributed by atoms with Gasteiger partial charge in [0.25, 0.3) is 0 Å². The highest BCUT2D eigenvalue weighted by atomic mass is 17.2. The van der Waals surface area contributed by atoms with Crippen LogP contribution in [-0.2, 0) is 14.6 Å². The summed E-state index contributed by atoms with van der Waals surface area (Å²) in [5, 5.41) is 0. The van der Waals surface area contributed by atoms with Gasteiger partial charge >= 0.3 is 5.97 Å². The maximum absolute atomic E-state index is 10.5. The van der Waals surface area contributed by atoms with Crippen LogP contribution >= 0.6 is 0 Å². The molecule has 0 heterocycles. The van der Waals surface area contributed by atoms with E-state index in [0.717, 1.165) is 6.08 Å². The van der Waals surface area contributed by atoms with Crippen molar-refractivity contribution in [3.63, 3.8) is 0 Å². The summed E-state index contributed by atoms with van der Waals surface area (Å²) in [5.41, 5.74) is -0.654. The van der Waals surface area contributed by atoms with Gasteiger partial charge in [-0.15, -0.1) is 6.58 Å². The monoisotopic (exact) mass is 156 g/mol. The largest absolute Gasteiger partial charge is 0.365 e. The minimum Gasteiger partial charge on any atom is -0.293 e. The van der Waals surface area contributed by atoms with Crippen molar-refractivity contribution in [3.05, 3.63) is 25.3 Å². The molecule has 0 atom stereocenters. The molecule has 0 amide bonds. The van der Waals surface area contributed by atoms with Crippen LogP contribution in [0.2, 0.25) is 0 Å². The first kappa shape index (κ1) is 9.91. The van der Waals surface area contributed by atoms with Crippen LogP contribution in [0, 0.1) is 0 Å². The second kappa shape index (κ2) is 3.93. The Morgan fingerprint density at radius 1 is 1.45 bits per heavy atom. The summed E-state index contributed by atoms with van der Waals surface area (Å²) in [6, 6.07) is 0. The molecule has 0 rings (SSSR count). The number of hydrogen-bond acceptors (Lipinski definition) is 3. The minimum absolute atomic E-state index is 0.611. The molecule has 0 N–H and O–H groups in total. The fraction of sp³-hybridized carbons (Fsp3) is 0.375. The van der Waals surface area contributed by atoms with Gasteiger partial charge in [-0.1, -0.05) is 12.7 Å². The molecule has 0 aromatic rings. The first-order chi connectivity index (χ1) is 5.02. The maximum atomic E-state index is 10.5. The number of rotatable bonds is 4. The highest BCUT2D eigenvalue weighted by Gasteiger charge is 2.16. The minimum atomic E-state index is -0.654. The van der Waals surface area contributed by atoms with E-state index < -0.39 is 11.6 Å². The Morgan fingerprint density at radius 2 is 2.00 bits per heavy atom. The van der Waals surface area contributed by atoms with E-state index in [-0.39, 0.29) is 0 Å². The number of carbonyl (C=O) groups excluding carboxylic acids is 1. The SMILES string of the molecule is C=CC(=O)OOC(C)(C)C=C. The van der Waals surface area contributed by atoms with Crippen LogP contribution in [-0.4, -0.2) is 11.6 Å². The normalized spacial score (nSPS) is 10.4. The van der Waals surface area contributed by atoms with Gasteiger partial charge in [-0.2, -0.15) is 4.89 Å². The lowest BCUT2D eigenvalue weighted by Gasteiger charge is -2.16. The van der Waals surface area contributed by atoms with Gasteiger partial charge in [0, 0.05) is 6.08 Å². The van der Waals surface area contributed by atoms with Gasteiger partial charge in [-0.05, 0) is 13.8 Å². The van der Waals surface area contributed by atoms with Crippen LogP contribution in [0.1, 0.15) is 13.8 Å². The second-order valence-corrected chi connectivity index (χ2v) is 2.50. The van der Waals surface area contributed by atoms with Crippen molar-refractivity contribution in [2.75, 3.05) is 0 Å². The van der Waals surface area contributed by atoms with Gasteiger partial charge in [0.15, 0.2) is 0 Å². The van der Waals surface area contributed by atoms with Crippen LogP contribution in [0.4, 0.5) is 0 Å². The van der Waals surface area contributed by atoms with Crippen LogP contribution in [0.3, 0.4) is 0 Å². The van der Waals surface area contributed by atoms with E-state index in [2.05, 4.69) is 18.0 Å². The quantitative estimate of drug-likeness (QED) is 0.268. The Kier molecular flexibility index (Phi) is 3.54. The molecule has 3 nitrogen and oxygen atoms in total. The summed E-state index contributed by atoms with van der Waals surface area (Å²) in [4.78, 5) is 19.5. The lowest BCUT2D eigenvalue weighted by molar-refractivity contribution is -0.308. The van der Waals surface area contributed by atoms with Crippen molar-refractivity contribution in [1.29, 1.82) is 0 Å². The summed E-state index contributed by atoms with van der Waals surface area (Å²) < 4.78 is 0. The van der Waals surface area contributed by atoms with Crippen LogP contribution in [0.15, 0.2) is 25.3 Å². The molecule has 0 spiro atoms. The zero-order valence-corrected chi connectivity index (χ0v) is 6.79. The standard InChI is InChI=1S/C8H12O3/c1-5-7(9)10-11-8(3,4)6-2/h5-6H,1-2H2,3-4H3. The van der Waals surface area contributed by atoms with Crippen molar-refractivity contribution in [3.8, 4) is 0 Å². The molecule has 0 aliphatic carbocycles. The first-order valence-electron chi connectivity index (χ1n) is 3.17. The molecule has 0 fully saturated rings. The third-order valence-electron chi connectivity index (χ3n) is 0.997. The molecule has 0 saturated carbocycles. The fourth-order valence-corrected chi connectivity index (χ4v) is 0.216. The van der Waals surface area contributed by atoms with Crippen molar-refractivity contribution in [2.24, 2.45) is 0 Å². The molecule has 0 bridgehead atoms. The molecule has 0 aliphatic heterocycles. The van der Waals surface area contributed by atoms with E-state index in [4.69, 9.17) is 4.89 Å². The molecular weight excluding hydrogens is 144 g/mol. The van der Waals surface area contributed by atoms with Gasteiger partial charge in [0.2, 0.25) is 0 Å². The zero-order chi connectivity index (χ0) is 8.91. The van der Waals surface area contributed by atoms with E-state index in [0.29, 0.717) is 0 Å². The van der Waals surface area contributed by atoms with E-state index >= 15 is 0 Å². The highest BCUT2D eigenvalue weighted by Crippen LogP contribution is 2.09. The van der Waals surface area contributed by atoms with Gasteiger partial charge in [-0.25, -0.2) is 4.79 Å². The van der Waals surface area contributed by atoms with Gasteiger partial charge < -0.3 is 0 Å². The predicted molar refractivity (Wildman–Crippen MR) is 41.7 cm³/mol. The third-order valence-corrected chi connectivity index (χ3v) is 0.997. The molecule has 0 radical (unpaired) electrons. The van der Waals surface area contributed by atoms with E-state index in [1.807, 2.05) is 0 Å². The number of hydrogen-bond donors (Lipinski definition) is 0. The lowest BCUT2D eigenvalue weighted by Crippen LogP contribution is -2.22. The summed E-state index contributed by atoms with van der Waals surface area (Å²) in [6.45, 7) is 10.1. The van der Waals surface area contributed by atoms with Crippen molar-refractivity contribution in [1.82, 2.24) is 0 Å². The van der Waals surface area contributed by atoms with E-state index in [1.165, 1.54) is 6.08 Å². The Balaban J connectivity index is 3.78. The summed E-state index contributed by atoms with van der Waals surface area (Å²) in [5.74, 6) is -0.611. The lowest BCUT2D eigenvalue weighted by atomic mass is 10.1. The van der Waals surface area contributed by atoms with Crippen LogP contribution in [0.5, 0.6) is 0 Å². The Hall–Kier alpha value is -1.09. The molecule has 0 aromatic carbocycles. The Morgan fingerprint density at radius 3 is 2.36 bits per heavy atom. The molecule has 0 aliphatic rings. The van der Waals surface area contributed by atoms with Gasteiger partial charge in [-0.3, -0.25) is 4.89 Å². The smallest absolute Gasteiger partial charge is 0.293 e. The van der Waals surface area contributed by atoms with Crippen LogP contribution in [0.25, 0.3) is 0 Å². The average molecular weight is 156 g/mol.